The smallest absolute Gasteiger partial charge is 0.124 e. The van der Waals surface area contributed by atoms with Gasteiger partial charge in [0.15, 0.2) is 0 Å². The predicted octanol–water partition coefficient (Wildman–Crippen LogP) is 8.40. The molecule has 210 valence electrons. The monoisotopic (exact) mass is 610 g/mol. The quantitative estimate of drug-likeness (QED) is 0.196. The minimum atomic E-state index is 0.459. The van der Waals surface area contributed by atoms with Gasteiger partial charge < -0.3 is 9.47 Å². The van der Waals surface area contributed by atoms with E-state index < -0.39 is 0 Å². The van der Waals surface area contributed by atoms with Gasteiger partial charge >= 0.3 is 0 Å². The molecule has 0 N–H and O–H groups in total. The van der Waals surface area contributed by atoms with Crippen LogP contribution in [-0.2, 0) is 0 Å². The summed E-state index contributed by atoms with van der Waals surface area (Å²) in [4.78, 5) is 0. The lowest BCUT2D eigenvalue weighted by molar-refractivity contribution is 0.408. The van der Waals surface area contributed by atoms with Gasteiger partial charge in [0.25, 0.3) is 0 Å². The van der Waals surface area contributed by atoms with Crippen molar-refractivity contribution in [2.24, 2.45) is 0 Å². The molecular formula is C34H38Cl2O2P2. The van der Waals surface area contributed by atoms with E-state index in [-0.39, 0.29) is 0 Å². The van der Waals surface area contributed by atoms with Gasteiger partial charge in [-0.15, -0.1) is 0 Å². The molecular weight excluding hydrogens is 573 g/mol. The van der Waals surface area contributed by atoms with Gasteiger partial charge in [-0.05, 0) is 169 Å². The second-order valence-electron chi connectivity index (χ2n) is 10.6. The van der Waals surface area contributed by atoms with Crippen LogP contribution in [0.2, 0.25) is 10.0 Å². The van der Waals surface area contributed by atoms with Crippen LogP contribution in [0.1, 0.15) is 44.5 Å². The number of benzene rings is 4. The number of aryl methyl sites for hydroxylation is 6. The van der Waals surface area contributed by atoms with Gasteiger partial charge in [0.1, 0.15) is 11.5 Å². The molecule has 0 heterocycles. The van der Waals surface area contributed by atoms with Crippen molar-refractivity contribution in [2.75, 3.05) is 14.2 Å². The summed E-state index contributed by atoms with van der Waals surface area (Å²) in [5.41, 5.74) is 11.4. The first-order valence-corrected chi connectivity index (χ1v) is 16.1. The van der Waals surface area contributed by atoms with Gasteiger partial charge in [0, 0.05) is 10.0 Å². The van der Waals surface area contributed by atoms with E-state index in [0.717, 1.165) is 66.1 Å². The molecule has 0 saturated carbocycles. The number of methoxy groups -OCH3 is 2. The zero-order valence-corrected chi connectivity index (χ0v) is 28.5. The van der Waals surface area contributed by atoms with Gasteiger partial charge in [0.2, 0.25) is 0 Å². The van der Waals surface area contributed by atoms with E-state index in [9.17, 15) is 0 Å². The van der Waals surface area contributed by atoms with Crippen LogP contribution in [0, 0.1) is 55.4 Å². The predicted molar refractivity (Wildman–Crippen MR) is 181 cm³/mol. The van der Waals surface area contributed by atoms with Crippen molar-refractivity contribution in [2.45, 2.75) is 55.4 Å². The second kappa shape index (κ2) is 12.4. The fourth-order valence-corrected chi connectivity index (χ4v) is 9.29. The summed E-state index contributed by atoms with van der Waals surface area (Å²) in [6.45, 7) is 16.9. The average Bonchev–Trinajstić information content (AvgIpc) is 2.87. The number of ether oxygens (including phenoxy) is 2. The molecule has 0 radical (unpaired) electrons. The third-order valence-electron chi connectivity index (χ3n) is 7.50. The second-order valence-corrected chi connectivity index (χ2v) is 14.1. The van der Waals surface area contributed by atoms with Crippen LogP contribution in [0.15, 0.2) is 36.4 Å². The summed E-state index contributed by atoms with van der Waals surface area (Å²) in [6.07, 6.45) is 0. The van der Waals surface area contributed by atoms with E-state index in [1.165, 1.54) is 32.3 Å². The maximum Gasteiger partial charge on any atom is 0.124 e. The largest absolute Gasteiger partial charge is 0.496 e. The number of hydrogen-bond donors (Lipinski definition) is 0. The zero-order chi connectivity index (χ0) is 29.5. The molecule has 0 aliphatic heterocycles. The lowest BCUT2D eigenvalue weighted by Crippen LogP contribution is -2.17. The highest BCUT2D eigenvalue weighted by Gasteiger charge is 2.22. The van der Waals surface area contributed by atoms with E-state index in [2.05, 4.69) is 91.8 Å². The topological polar surface area (TPSA) is 18.5 Å². The first-order chi connectivity index (χ1) is 18.9. The minimum Gasteiger partial charge on any atom is -0.496 e. The Balaban J connectivity index is 1.96. The molecule has 0 aliphatic rings. The Bertz CT molecular complexity index is 1460. The van der Waals surface area contributed by atoms with E-state index in [4.69, 9.17) is 32.7 Å². The Hall–Kier alpha value is -2.08. The van der Waals surface area contributed by atoms with Crippen LogP contribution < -0.4 is 30.7 Å². The zero-order valence-electron chi connectivity index (χ0n) is 25.0. The lowest BCUT2D eigenvalue weighted by Gasteiger charge is -2.23. The molecule has 6 heteroatoms. The summed E-state index contributed by atoms with van der Waals surface area (Å²) in [5, 5.41) is 6.73. The first kappa shape index (κ1) is 30.9. The average molecular weight is 612 g/mol. The summed E-state index contributed by atoms with van der Waals surface area (Å²) in [5.74, 6) is 1.90. The van der Waals surface area contributed by atoms with Crippen LogP contribution in [-0.4, -0.2) is 14.2 Å². The molecule has 4 aromatic carbocycles. The Morgan fingerprint density at radius 3 is 1.05 bits per heavy atom. The molecule has 0 fully saturated rings. The van der Waals surface area contributed by atoms with Crippen molar-refractivity contribution >= 4 is 61.6 Å². The van der Waals surface area contributed by atoms with Gasteiger partial charge in [-0.25, -0.2) is 0 Å². The van der Waals surface area contributed by atoms with Crippen LogP contribution in [0.4, 0.5) is 0 Å². The van der Waals surface area contributed by atoms with Crippen LogP contribution >= 0.6 is 40.4 Å². The Morgan fingerprint density at radius 2 is 0.775 bits per heavy atom. The Kier molecular flexibility index (Phi) is 9.59. The van der Waals surface area contributed by atoms with Crippen molar-refractivity contribution < 1.29 is 9.47 Å². The summed E-state index contributed by atoms with van der Waals surface area (Å²) in [7, 11) is 4.39. The molecule has 4 aromatic rings. The van der Waals surface area contributed by atoms with E-state index in [1.807, 2.05) is 0 Å². The highest BCUT2D eigenvalue weighted by Crippen LogP contribution is 2.39. The third-order valence-corrected chi connectivity index (χ3v) is 11.1. The van der Waals surface area contributed by atoms with E-state index in [0.29, 0.717) is 17.2 Å². The van der Waals surface area contributed by atoms with E-state index in [1.54, 1.807) is 14.2 Å². The van der Waals surface area contributed by atoms with Gasteiger partial charge in [-0.1, -0.05) is 40.4 Å². The molecule has 2 atom stereocenters. The fourth-order valence-electron chi connectivity index (χ4n) is 5.76. The molecule has 0 aromatic heterocycles. The standard InChI is InChI=1S/C34H38Cl2O2P2/c1-17-15-27(39-25-11-19(3)33(37-9)20(4)12-25)29(23(7)31(17)35)30-24(8)32(36)18(2)16-28(30)40-26-13-21(5)34(38-10)22(6)14-26/h11-16,39-40H,1-10H3. The molecule has 0 aliphatic carbocycles. The summed E-state index contributed by atoms with van der Waals surface area (Å²) in [6, 6.07) is 13.5. The van der Waals surface area contributed by atoms with Crippen molar-refractivity contribution in [3.8, 4) is 22.6 Å². The molecule has 0 bridgehead atoms. The summed E-state index contributed by atoms with van der Waals surface area (Å²) >= 11 is 13.9. The molecule has 4 rings (SSSR count). The van der Waals surface area contributed by atoms with Gasteiger partial charge in [0.05, 0.1) is 14.2 Å². The molecule has 2 nitrogen and oxygen atoms in total. The van der Waals surface area contributed by atoms with Crippen LogP contribution in [0.25, 0.3) is 11.1 Å². The highest BCUT2D eigenvalue weighted by atomic mass is 35.5. The molecule has 2 unspecified atom stereocenters. The minimum absolute atomic E-state index is 0.459. The maximum absolute atomic E-state index is 6.95. The van der Waals surface area contributed by atoms with Crippen molar-refractivity contribution in [1.82, 2.24) is 0 Å². The molecule has 40 heavy (non-hydrogen) atoms. The molecule has 0 spiro atoms. The highest BCUT2D eigenvalue weighted by molar-refractivity contribution is 7.56. The maximum atomic E-state index is 6.95. The Labute approximate surface area is 253 Å². The number of halogens is 2. The SMILES string of the molecule is COc1c(C)cc(Pc2cc(C)c(Cl)c(C)c2-c2c(Pc3cc(C)c(OC)c(C)c3)cc(C)c(Cl)c2C)cc1C. The van der Waals surface area contributed by atoms with Gasteiger partial charge in [-0.3, -0.25) is 0 Å². The lowest BCUT2D eigenvalue weighted by atomic mass is 9.93. The number of rotatable bonds is 7. The fraction of sp³-hybridized carbons (Fsp3) is 0.294. The van der Waals surface area contributed by atoms with Crippen molar-refractivity contribution in [3.63, 3.8) is 0 Å². The number of hydrogen-bond acceptors (Lipinski definition) is 2. The van der Waals surface area contributed by atoms with Crippen molar-refractivity contribution in [1.29, 1.82) is 0 Å². The molecule has 0 saturated heterocycles. The Morgan fingerprint density at radius 1 is 0.475 bits per heavy atom. The summed E-state index contributed by atoms with van der Waals surface area (Å²) < 4.78 is 11.3. The van der Waals surface area contributed by atoms with Crippen LogP contribution in [0.3, 0.4) is 0 Å². The van der Waals surface area contributed by atoms with Gasteiger partial charge in [-0.2, -0.15) is 0 Å². The van der Waals surface area contributed by atoms with Crippen LogP contribution in [0.5, 0.6) is 11.5 Å². The third kappa shape index (κ3) is 5.93. The van der Waals surface area contributed by atoms with Crippen molar-refractivity contribution in [3.05, 3.63) is 91.0 Å². The van der Waals surface area contributed by atoms with E-state index >= 15 is 0 Å². The normalized spacial score (nSPS) is 11.8. The first-order valence-electron chi connectivity index (χ1n) is 13.3. The molecule has 0 amide bonds.